The first kappa shape index (κ1) is 20.0. The van der Waals surface area contributed by atoms with Gasteiger partial charge in [0.2, 0.25) is 5.91 Å². The number of carbonyl (C=O) groups is 2. The maximum absolute atomic E-state index is 12.1. The first-order chi connectivity index (χ1) is 11.1. The van der Waals surface area contributed by atoms with Crippen LogP contribution in [-0.2, 0) is 16.0 Å². The van der Waals surface area contributed by atoms with Crippen molar-refractivity contribution in [1.29, 1.82) is 0 Å². The molecule has 2 amide bonds. The van der Waals surface area contributed by atoms with Crippen LogP contribution < -0.4 is 10.6 Å². The van der Waals surface area contributed by atoms with Crippen LogP contribution >= 0.6 is 0 Å². The molecule has 1 unspecified atom stereocenters. The van der Waals surface area contributed by atoms with Crippen LogP contribution in [0.15, 0.2) is 24.3 Å². The van der Waals surface area contributed by atoms with Crippen LogP contribution in [0.5, 0.6) is 0 Å². The molecule has 0 fully saturated rings. The topological polar surface area (TPSA) is 67.4 Å². The van der Waals surface area contributed by atoms with Gasteiger partial charge in [0.1, 0.15) is 12.1 Å². The van der Waals surface area contributed by atoms with Gasteiger partial charge in [0.15, 0.2) is 0 Å². The van der Waals surface area contributed by atoms with E-state index in [1.165, 1.54) is 5.56 Å². The van der Waals surface area contributed by atoms with Crippen molar-refractivity contribution in [3.05, 3.63) is 35.4 Å². The van der Waals surface area contributed by atoms with Crippen LogP contribution in [0, 0.1) is 5.92 Å². The van der Waals surface area contributed by atoms with E-state index < -0.39 is 11.7 Å². The molecule has 1 rings (SSSR count). The summed E-state index contributed by atoms with van der Waals surface area (Å²) < 4.78 is 5.12. The van der Waals surface area contributed by atoms with Gasteiger partial charge in [0.05, 0.1) is 6.04 Å². The summed E-state index contributed by atoms with van der Waals surface area (Å²) in [6, 6.07) is 8.16. The van der Waals surface area contributed by atoms with Crippen molar-refractivity contribution >= 4 is 12.0 Å². The molecule has 134 valence electrons. The van der Waals surface area contributed by atoms with Crippen molar-refractivity contribution in [2.45, 2.75) is 59.6 Å². The standard InChI is InChI=1S/C19H30N2O3/c1-7-14-8-10-15(11-9-14)17(13(2)3)21-16(22)12-20-18(23)24-19(4,5)6/h8-11,13,17H,7,12H2,1-6H3,(H,20,23)(H,21,22). The summed E-state index contributed by atoms with van der Waals surface area (Å²) in [7, 11) is 0. The van der Waals surface area contributed by atoms with Crippen LogP contribution in [0.4, 0.5) is 4.79 Å². The Balaban J connectivity index is 2.61. The van der Waals surface area contributed by atoms with Gasteiger partial charge in [-0.25, -0.2) is 4.79 Å². The number of carbonyl (C=O) groups excluding carboxylic acids is 2. The number of ether oxygens (including phenoxy) is 1. The monoisotopic (exact) mass is 334 g/mol. The molecule has 1 atom stereocenters. The van der Waals surface area contributed by atoms with Crippen molar-refractivity contribution in [3.8, 4) is 0 Å². The van der Waals surface area contributed by atoms with Crippen LogP contribution in [0.25, 0.3) is 0 Å². The molecule has 2 N–H and O–H groups in total. The fraction of sp³-hybridized carbons (Fsp3) is 0.579. The Morgan fingerprint density at radius 1 is 1.12 bits per heavy atom. The number of aryl methyl sites for hydroxylation is 1. The molecule has 0 aliphatic rings. The maximum Gasteiger partial charge on any atom is 0.408 e. The van der Waals surface area contributed by atoms with Crippen LogP contribution in [0.1, 0.15) is 58.7 Å². The van der Waals surface area contributed by atoms with Gasteiger partial charge >= 0.3 is 6.09 Å². The molecule has 0 saturated carbocycles. The van der Waals surface area contributed by atoms with Crippen molar-refractivity contribution < 1.29 is 14.3 Å². The quantitative estimate of drug-likeness (QED) is 0.835. The second-order valence-electron chi connectivity index (χ2n) is 7.24. The summed E-state index contributed by atoms with van der Waals surface area (Å²) in [5.74, 6) is 0.00193. The van der Waals surface area contributed by atoms with Gasteiger partial charge in [0.25, 0.3) is 0 Å². The molecule has 5 heteroatoms. The molecule has 0 radical (unpaired) electrons. The number of rotatable bonds is 6. The molecule has 24 heavy (non-hydrogen) atoms. The third kappa shape index (κ3) is 7.02. The van der Waals surface area contributed by atoms with Crippen molar-refractivity contribution in [3.63, 3.8) is 0 Å². The van der Waals surface area contributed by atoms with Gasteiger partial charge in [-0.15, -0.1) is 0 Å². The molecule has 0 bridgehead atoms. The SMILES string of the molecule is CCc1ccc(C(NC(=O)CNC(=O)OC(C)(C)C)C(C)C)cc1. The van der Waals surface area contributed by atoms with Crippen molar-refractivity contribution in [2.24, 2.45) is 5.92 Å². The fourth-order valence-electron chi connectivity index (χ4n) is 2.29. The Labute approximate surface area is 145 Å². The van der Waals surface area contributed by atoms with Gasteiger partial charge in [0, 0.05) is 0 Å². The van der Waals surface area contributed by atoms with Crippen molar-refractivity contribution in [1.82, 2.24) is 10.6 Å². The van der Waals surface area contributed by atoms with Crippen LogP contribution in [0.3, 0.4) is 0 Å². The molecular weight excluding hydrogens is 304 g/mol. The summed E-state index contributed by atoms with van der Waals surface area (Å²) in [6.45, 7) is 11.5. The summed E-state index contributed by atoms with van der Waals surface area (Å²) in [6.07, 6.45) is 0.393. The lowest BCUT2D eigenvalue weighted by Crippen LogP contribution is -2.41. The number of benzene rings is 1. The lowest BCUT2D eigenvalue weighted by molar-refractivity contribution is -0.121. The smallest absolute Gasteiger partial charge is 0.408 e. The molecule has 5 nitrogen and oxygen atoms in total. The number of alkyl carbamates (subject to hydrolysis) is 1. The summed E-state index contributed by atoms with van der Waals surface area (Å²) in [4.78, 5) is 23.8. The molecule has 0 saturated heterocycles. The molecule has 0 aromatic heterocycles. The Bertz CT molecular complexity index is 545. The first-order valence-corrected chi connectivity index (χ1v) is 8.47. The molecule has 1 aromatic carbocycles. The van der Waals surface area contributed by atoms with Crippen molar-refractivity contribution in [2.75, 3.05) is 6.54 Å². The van der Waals surface area contributed by atoms with Gasteiger partial charge in [-0.3, -0.25) is 4.79 Å². The molecule has 0 spiro atoms. The second kappa shape index (κ2) is 8.71. The Kier molecular flexibility index (Phi) is 7.26. The lowest BCUT2D eigenvalue weighted by Gasteiger charge is -2.24. The lowest BCUT2D eigenvalue weighted by atomic mass is 9.95. The third-order valence-corrected chi connectivity index (χ3v) is 3.52. The van der Waals surface area contributed by atoms with Crippen LogP contribution in [-0.4, -0.2) is 24.1 Å². The number of amides is 2. The minimum Gasteiger partial charge on any atom is -0.444 e. The zero-order valence-electron chi connectivity index (χ0n) is 15.6. The van der Waals surface area contributed by atoms with E-state index in [1.54, 1.807) is 20.8 Å². The summed E-state index contributed by atoms with van der Waals surface area (Å²) >= 11 is 0. The molecule has 0 aliphatic carbocycles. The summed E-state index contributed by atoms with van der Waals surface area (Å²) in [5.41, 5.74) is 1.74. The highest BCUT2D eigenvalue weighted by molar-refractivity contribution is 5.82. The Morgan fingerprint density at radius 3 is 2.17 bits per heavy atom. The van der Waals surface area contributed by atoms with E-state index in [9.17, 15) is 9.59 Å². The molecule has 0 heterocycles. The average molecular weight is 334 g/mol. The van der Waals surface area contributed by atoms with Gasteiger partial charge in [-0.2, -0.15) is 0 Å². The second-order valence-corrected chi connectivity index (χ2v) is 7.24. The zero-order valence-corrected chi connectivity index (χ0v) is 15.6. The minimum absolute atomic E-state index is 0.0937. The van der Waals surface area contributed by atoms with E-state index in [0.29, 0.717) is 0 Å². The highest BCUT2D eigenvalue weighted by Crippen LogP contribution is 2.22. The average Bonchev–Trinajstić information content (AvgIpc) is 2.49. The highest BCUT2D eigenvalue weighted by Gasteiger charge is 2.20. The van der Waals surface area contributed by atoms with E-state index in [1.807, 2.05) is 12.1 Å². The van der Waals surface area contributed by atoms with Gasteiger partial charge in [-0.1, -0.05) is 45.0 Å². The van der Waals surface area contributed by atoms with E-state index >= 15 is 0 Å². The Morgan fingerprint density at radius 2 is 1.71 bits per heavy atom. The van der Waals surface area contributed by atoms with Crippen LogP contribution in [0.2, 0.25) is 0 Å². The van der Waals surface area contributed by atoms with E-state index in [-0.39, 0.29) is 24.4 Å². The molecule has 1 aromatic rings. The number of hydrogen-bond acceptors (Lipinski definition) is 3. The Hall–Kier alpha value is -2.04. The van der Waals surface area contributed by atoms with E-state index in [2.05, 4.69) is 43.5 Å². The molecular formula is C19H30N2O3. The van der Waals surface area contributed by atoms with Gasteiger partial charge < -0.3 is 15.4 Å². The van der Waals surface area contributed by atoms with Gasteiger partial charge in [-0.05, 0) is 44.2 Å². The molecule has 0 aliphatic heterocycles. The third-order valence-electron chi connectivity index (χ3n) is 3.52. The minimum atomic E-state index is -0.592. The normalized spacial score (nSPS) is 12.6. The predicted molar refractivity (Wildman–Crippen MR) is 95.8 cm³/mol. The number of nitrogens with one attached hydrogen (secondary N) is 2. The fourth-order valence-corrected chi connectivity index (χ4v) is 2.29. The largest absolute Gasteiger partial charge is 0.444 e. The summed E-state index contributed by atoms with van der Waals surface area (Å²) in [5, 5.41) is 5.46. The predicted octanol–water partition coefficient (Wildman–Crippen LogP) is 3.59. The number of hydrogen-bond donors (Lipinski definition) is 2. The zero-order chi connectivity index (χ0) is 18.3. The van der Waals surface area contributed by atoms with E-state index in [0.717, 1.165) is 12.0 Å². The highest BCUT2D eigenvalue weighted by atomic mass is 16.6. The van der Waals surface area contributed by atoms with E-state index in [4.69, 9.17) is 4.74 Å². The first-order valence-electron chi connectivity index (χ1n) is 8.47. The maximum atomic E-state index is 12.1.